The highest BCUT2D eigenvalue weighted by Crippen LogP contribution is 2.41. The van der Waals surface area contributed by atoms with Gasteiger partial charge in [-0.15, -0.1) is 0 Å². The van der Waals surface area contributed by atoms with Gasteiger partial charge in [-0.25, -0.2) is 9.37 Å². The summed E-state index contributed by atoms with van der Waals surface area (Å²) >= 11 is 0. The first kappa shape index (κ1) is 25.0. The molecule has 0 aliphatic carbocycles. The number of nitro groups is 1. The van der Waals surface area contributed by atoms with Gasteiger partial charge in [-0.3, -0.25) is 15.2 Å². The van der Waals surface area contributed by atoms with Crippen LogP contribution in [0, 0.1) is 27.3 Å². The van der Waals surface area contributed by atoms with Gasteiger partial charge in [-0.1, -0.05) is 12.1 Å². The van der Waals surface area contributed by atoms with Crippen molar-refractivity contribution in [3.8, 4) is 45.5 Å². The topological polar surface area (TPSA) is 144 Å². The first-order chi connectivity index (χ1) is 19.4. The highest BCUT2D eigenvalue weighted by Gasteiger charge is 2.25. The second-order valence-electron chi connectivity index (χ2n) is 9.37. The smallest absolute Gasteiger partial charge is 0.269 e. The van der Waals surface area contributed by atoms with E-state index in [9.17, 15) is 20.5 Å². The summed E-state index contributed by atoms with van der Waals surface area (Å²) in [6.07, 6.45) is 0. The van der Waals surface area contributed by atoms with E-state index in [0.717, 1.165) is 37.9 Å². The lowest BCUT2D eigenvalue weighted by Gasteiger charge is -2.29. The van der Waals surface area contributed by atoms with Gasteiger partial charge in [0.15, 0.2) is 5.65 Å². The number of aromatic nitrogens is 3. The molecule has 3 N–H and O–H groups in total. The van der Waals surface area contributed by atoms with Crippen molar-refractivity contribution in [2.24, 2.45) is 0 Å². The number of phenolic OH excluding ortho intramolecular Hbond substituents is 1. The summed E-state index contributed by atoms with van der Waals surface area (Å²) in [5, 5.41) is 42.5. The number of halogens is 1. The van der Waals surface area contributed by atoms with Gasteiger partial charge in [0.2, 0.25) is 0 Å². The minimum absolute atomic E-state index is 0.0508. The molecule has 1 fully saturated rings. The number of nitrogens with zero attached hydrogens (tertiary/aromatic N) is 5. The molecule has 3 heterocycles. The van der Waals surface area contributed by atoms with Crippen LogP contribution in [0.2, 0.25) is 0 Å². The second-order valence-corrected chi connectivity index (χ2v) is 9.37. The van der Waals surface area contributed by atoms with Crippen LogP contribution in [0.3, 0.4) is 0 Å². The van der Waals surface area contributed by atoms with Gasteiger partial charge in [0.05, 0.1) is 27.3 Å². The summed E-state index contributed by atoms with van der Waals surface area (Å²) in [5.41, 5.74) is 3.85. The highest BCUT2D eigenvalue weighted by molar-refractivity contribution is 6.06. The number of hydrogen-bond acceptors (Lipinski definition) is 8. The van der Waals surface area contributed by atoms with Crippen molar-refractivity contribution in [1.82, 2.24) is 20.5 Å². The first-order valence-corrected chi connectivity index (χ1v) is 12.6. The molecule has 0 radical (unpaired) electrons. The Morgan fingerprint density at radius 2 is 1.73 bits per heavy atom. The number of fused-ring (bicyclic) bond motifs is 1. The van der Waals surface area contributed by atoms with Crippen molar-refractivity contribution in [2.75, 3.05) is 31.1 Å². The number of non-ortho nitro benzene ring substituents is 1. The van der Waals surface area contributed by atoms with Gasteiger partial charge < -0.3 is 15.3 Å². The number of nitriles is 1. The average molecular weight is 536 g/mol. The maximum absolute atomic E-state index is 15.0. The quantitative estimate of drug-likeness (QED) is 0.211. The fraction of sp³-hybridized carbons (Fsp3) is 0.138. The second kappa shape index (κ2) is 10.1. The van der Waals surface area contributed by atoms with Gasteiger partial charge in [0, 0.05) is 66.8 Å². The molecule has 6 rings (SSSR count). The molecular formula is C29H22FN7O3. The summed E-state index contributed by atoms with van der Waals surface area (Å²) < 4.78 is 15.0. The Bertz CT molecular complexity index is 1790. The minimum atomic E-state index is -0.727. The summed E-state index contributed by atoms with van der Waals surface area (Å²) in [7, 11) is 0. The van der Waals surface area contributed by atoms with Crippen LogP contribution in [-0.2, 0) is 0 Å². The number of aromatic hydroxyl groups is 1. The zero-order valence-corrected chi connectivity index (χ0v) is 21.1. The molecule has 40 heavy (non-hydrogen) atoms. The normalized spacial score (nSPS) is 13.3. The molecule has 1 aliphatic heterocycles. The third-order valence-electron chi connectivity index (χ3n) is 7.03. The number of nitro benzene ring substituents is 1. The molecule has 0 amide bonds. The lowest BCUT2D eigenvalue weighted by atomic mass is 9.91. The van der Waals surface area contributed by atoms with E-state index in [1.165, 1.54) is 24.3 Å². The molecule has 0 bridgehead atoms. The van der Waals surface area contributed by atoms with Crippen molar-refractivity contribution in [2.45, 2.75) is 0 Å². The van der Waals surface area contributed by atoms with Crippen LogP contribution in [0.1, 0.15) is 5.56 Å². The number of rotatable bonds is 5. The molecule has 11 heteroatoms. The number of benzene rings is 3. The molecule has 3 aromatic carbocycles. The number of phenols is 1. The number of piperazine rings is 1. The predicted octanol–water partition coefficient (Wildman–Crippen LogP) is 4.99. The number of nitrogens with one attached hydrogen (secondary N) is 2. The fourth-order valence-electron chi connectivity index (χ4n) is 5.06. The van der Waals surface area contributed by atoms with Crippen molar-refractivity contribution < 1.29 is 14.4 Å². The third kappa shape index (κ3) is 4.36. The maximum atomic E-state index is 15.0. The van der Waals surface area contributed by atoms with E-state index in [2.05, 4.69) is 31.5 Å². The first-order valence-electron chi connectivity index (χ1n) is 12.6. The Morgan fingerprint density at radius 1 is 1.02 bits per heavy atom. The largest absolute Gasteiger partial charge is 0.508 e. The summed E-state index contributed by atoms with van der Waals surface area (Å²) in [4.78, 5) is 17.5. The average Bonchev–Trinajstić information content (AvgIpc) is 3.40. The Kier molecular flexibility index (Phi) is 6.30. The van der Waals surface area contributed by atoms with E-state index in [1.54, 1.807) is 12.1 Å². The Hall–Kier alpha value is -5.34. The van der Waals surface area contributed by atoms with E-state index in [-0.39, 0.29) is 33.9 Å². The Labute approximate surface area is 227 Å². The lowest BCUT2D eigenvalue weighted by Crippen LogP contribution is -2.43. The van der Waals surface area contributed by atoms with Gasteiger partial charge in [0.25, 0.3) is 5.69 Å². The van der Waals surface area contributed by atoms with Crippen LogP contribution in [-0.4, -0.2) is 51.4 Å². The molecule has 1 saturated heterocycles. The SMILES string of the molecule is N#Cc1c(-c2ccc(O)cc2F)nc2n[nH]c(-c3ccc([N+](=O)[O-])cc3)c2c1-c1ccc(N2CCNCC2)cc1. The van der Waals surface area contributed by atoms with E-state index in [0.29, 0.717) is 27.8 Å². The molecule has 0 unspecified atom stereocenters. The Morgan fingerprint density at radius 3 is 2.38 bits per heavy atom. The van der Waals surface area contributed by atoms with Crippen LogP contribution in [0.15, 0.2) is 66.7 Å². The standard InChI is InChI=1S/C29H22FN7O3/c30-24-15-21(38)9-10-22(24)28-23(16-31)25(17-1-5-19(6-2-17)36-13-11-32-12-14-36)26-27(34-35-29(26)33-28)18-3-7-20(8-4-18)37(39)40/h1-10,15,32,38H,11-14H2,(H,33,34,35). The van der Waals surface area contributed by atoms with Crippen molar-refractivity contribution >= 4 is 22.4 Å². The molecule has 0 atom stereocenters. The number of anilines is 1. The summed E-state index contributed by atoms with van der Waals surface area (Å²) in [6.45, 7) is 3.53. The van der Waals surface area contributed by atoms with E-state index in [1.807, 2.05) is 24.3 Å². The molecule has 2 aromatic heterocycles. The highest BCUT2D eigenvalue weighted by atomic mass is 19.1. The molecule has 0 saturated carbocycles. The molecule has 5 aromatic rings. The number of H-pyrrole nitrogens is 1. The van der Waals surface area contributed by atoms with Crippen LogP contribution < -0.4 is 10.2 Å². The van der Waals surface area contributed by atoms with Gasteiger partial charge in [-0.05, 0) is 42.0 Å². The number of pyridine rings is 1. The monoisotopic (exact) mass is 535 g/mol. The number of hydrogen-bond donors (Lipinski definition) is 3. The maximum Gasteiger partial charge on any atom is 0.269 e. The summed E-state index contributed by atoms with van der Waals surface area (Å²) in [5.74, 6) is -0.973. The van der Waals surface area contributed by atoms with Gasteiger partial charge in [0.1, 0.15) is 17.6 Å². The molecular weight excluding hydrogens is 513 g/mol. The van der Waals surface area contributed by atoms with Gasteiger partial charge >= 0.3 is 0 Å². The van der Waals surface area contributed by atoms with Crippen molar-refractivity contribution in [3.05, 3.63) is 88.2 Å². The third-order valence-corrected chi connectivity index (χ3v) is 7.03. The zero-order chi connectivity index (χ0) is 27.8. The lowest BCUT2D eigenvalue weighted by molar-refractivity contribution is -0.384. The minimum Gasteiger partial charge on any atom is -0.508 e. The summed E-state index contributed by atoms with van der Waals surface area (Å²) in [6, 6.07) is 19.7. The van der Waals surface area contributed by atoms with Crippen LogP contribution in [0.25, 0.3) is 44.7 Å². The van der Waals surface area contributed by atoms with E-state index in [4.69, 9.17) is 0 Å². The van der Waals surface area contributed by atoms with Crippen LogP contribution >= 0.6 is 0 Å². The predicted molar refractivity (Wildman–Crippen MR) is 148 cm³/mol. The van der Waals surface area contributed by atoms with Crippen LogP contribution in [0.5, 0.6) is 5.75 Å². The zero-order valence-electron chi connectivity index (χ0n) is 21.1. The van der Waals surface area contributed by atoms with Gasteiger partial charge in [-0.2, -0.15) is 10.4 Å². The fourth-order valence-corrected chi connectivity index (χ4v) is 5.06. The molecule has 1 aliphatic rings. The Balaban J connectivity index is 1.59. The molecule has 198 valence electrons. The van der Waals surface area contributed by atoms with Crippen molar-refractivity contribution in [3.63, 3.8) is 0 Å². The molecule has 0 spiro atoms. The molecule has 10 nitrogen and oxygen atoms in total. The van der Waals surface area contributed by atoms with Crippen LogP contribution in [0.4, 0.5) is 15.8 Å². The number of aromatic amines is 1. The van der Waals surface area contributed by atoms with Crippen molar-refractivity contribution in [1.29, 1.82) is 5.26 Å². The van der Waals surface area contributed by atoms with E-state index >= 15 is 4.39 Å². The van der Waals surface area contributed by atoms with E-state index < -0.39 is 10.7 Å².